The van der Waals surface area contributed by atoms with E-state index in [1.165, 1.54) is 6.42 Å². The van der Waals surface area contributed by atoms with Crippen molar-refractivity contribution in [3.8, 4) is 0 Å². The molecule has 0 radical (unpaired) electrons. The van der Waals surface area contributed by atoms with Gasteiger partial charge in [0.25, 0.3) is 0 Å². The van der Waals surface area contributed by atoms with Gasteiger partial charge in [-0.1, -0.05) is 13.8 Å². The van der Waals surface area contributed by atoms with Crippen molar-refractivity contribution in [2.45, 2.75) is 26.7 Å². The monoisotopic (exact) mass is 280 g/mol. The van der Waals surface area contributed by atoms with Gasteiger partial charge in [0, 0.05) is 19.6 Å². The fraction of sp³-hybridized carbons (Fsp3) is 0.917. The molecule has 1 saturated heterocycles. The molecule has 102 valence electrons. The van der Waals surface area contributed by atoms with Gasteiger partial charge in [-0.3, -0.25) is 4.79 Å². The summed E-state index contributed by atoms with van der Waals surface area (Å²) in [5.41, 5.74) is 0. The zero-order valence-electron chi connectivity index (χ0n) is 10.9. The van der Waals surface area contributed by atoms with E-state index in [1.54, 1.807) is 11.8 Å². The second kappa shape index (κ2) is 10.0. The van der Waals surface area contributed by atoms with Gasteiger partial charge >= 0.3 is 0 Å². The molecule has 0 aliphatic carbocycles. The van der Waals surface area contributed by atoms with Crippen molar-refractivity contribution in [3.63, 3.8) is 0 Å². The molecule has 17 heavy (non-hydrogen) atoms. The minimum absolute atomic E-state index is 0. The van der Waals surface area contributed by atoms with E-state index in [9.17, 15) is 4.79 Å². The minimum Gasteiger partial charge on any atom is -0.341 e. The minimum atomic E-state index is 0. The van der Waals surface area contributed by atoms with E-state index in [0.717, 1.165) is 44.3 Å². The highest BCUT2D eigenvalue weighted by Gasteiger charge is 2.14. The maximum Gasteiger partial charge on any atom is 0.232 e. The third-order valence-corrected chi connectivity index (χ3v) is 3.73. The van der Waals surface area contributed by atoms with Crippen LogP contribution in [0.1, 0.15) is 26.7 Å². The first-order valence-corrected chi connectivity index (χ1v) is 7.42. The Bertz CT molecular complexity index is 207. The van der Waals surface area contributed by atoms with Crippen LogP contribution in [0.4, 0.5) is 0 Å². The van der Waals surface area contributed by atoms with Crippen LogP contribution in [0.2, 0.25) is 0 Å². The Morgan fingerprint density at radius 3 is 2.82 bits per heavy atom. The van der Waals surface area contributed by atoms with Gasteiger partial charge in [-0.15, -0.1) is 12.4 Å². The predicted octanol–water partition coefficient (Wildman–Crippen LogP) is 2.01. The zero-order chi connectivity index (χ0) is 11.8. The van der Waals surface area contributed by atoms with Crippen molar-refractivity contribution in [2.75, 3.05) is 37.7 Å². The van der Waals surface area contributed by atoms with Gasteiger partial charge in [0.2, 0.25) is 5.91 Å². The molecule has 1 rings (SSSR count). The van der Waals surface area contributed by atoms with Crippen LogP contribution in [0.15, 0.2) is 0 Å². The molecule has 0 atom stereocenters. The molecule has 3 nitrogen and oxygen atoms in total. The first-order chi connectivity index (χ1) is 7.70. The molecule has 0 aromatic rings. The van der Waals surface area contributed by atoms with E-state index in [1.807, 2.05) is 4.90 Å². The first-order valence-electron chi connectivity index (χ1n) is 6.26. The second-order valence-electron chi connectivity index (χ2n) is 4.72. The Morgan fingerprint density at radius 2 is 2.12 bits per heavy atom. The molecule has 1 N–H and O–H groups in total. The highest BCUT2D eigenvalue weighted by molar-refractivity contribution is 7.99. The SMILES string of the molecule is CC(C)CCSCC(=O)N1CCCNCC1.Cl. The van der Waals surface area contributed by atoms with Crippen LogP contribution >= 0.6 is 24.2 Å². The van der Waals surface area contributed by atoms with Crippen molar-refractivity contribution < 1.29 is 4.79 Å². The molecule has 1 heterocycles. The van der Waals surface area contributed by atoms with Crippen LogP contribution in [-0.2, 0) is 4.79 Å². The summed E-state index contributed by atoms with van der Waals surface area (Å²) in [6, 6.07) is 0. The van der Waals surface area contributed by atoms with E-state index in [2.05, 4.69) is 19.2 Å². The number of nitrogens with one attached hydrogen (secondary N) is 1. The summed E-state index contributed by atoms with van der Waals surface area (Å²) in [5.74, 6) is 2.82. The van der Waals surface area contributed by atoms with Gasteiger partial charge in [0.1, 0.15) is 0 Å². The largest absolute Gasteiger partial charge is 0.341 e. The van der Waals surface area contributed by atoms with E-state index >= 15 is 0 Å². The van der Waals surface area contributed by atoms with Crippen LogP contribution in [0, 0.1) is 5.92 Å². The highest BCUT2D eigenvalue weighted by Crippen LogP contribution is 2.10. The summed E-state index contributed by atoms with van der Waals surface area (Å²) < 4.78 is 0. The summed E-state index contributed by atoms with van der Waals surface area (Å²) in [6.45, 7) is 8.25. The summed E-state index contributed by atoms with van der Waals surface area (Å²) in [7, 11) is 0. The summed E-state index contributed by atoms with van der Waals surface area (Å²) in [6.07, 6.45) is 2.29. The number of hydrogen-bond donors (Lipinski definition) is 1. The summed E-state index contributed by atoms with van der Waals surface area (Å²) >= 11 is 1.78. The van der Waals surface area contributed by atoms with Crippen molar-refractivity contribution in [1.29, 1.82) is 0 Å². The molecule has 5 heteroatoms. The van der Waals surface area contributed by atoms with E-state index in [0.29, 0.717) is 11.7 Å². The lowest BCUT2D eigenvalue weighted by Crippen LogP contribution is -2.35. The average Bonchev–Trinajstić information content (AvgIpc) is 2.52. The van der Waals surface area contributed by atoms with Crippen LogP contribution in [0.5, 0.6) is 0 Å². The standard InChI is InChI=1S/C12H24N2OS.ClH/c1-11(2)4-9-16-10-12(15)14-7-3-5-13-6-8-14;/h11,13H,3-10H2,1-2H3;1H. The molecule has 1 amide bonds. The lowest BCUT2D eigenvalue weighted by Gasteiger charge is -2.19. The third kappa shape index (κ3) is 7.90. The maximum atomic E-state index is 11.9. The smallest absolute Gasteiger partial charge is 0.232 e. The topological polar surface area (TPSA) is 32.3 Å². The first kappa shape index (κ1) is 17.1. The molecule has 0 aromatic heterocycles. The number of halogens is 1. The number of carbonyl (C=O) groups excluding carboxylic acids is 1. The molecule has 0 saturated carbocycles. The average molecular weight is 281 g/mol. The van der Waals surface area contributed by atoms with Crippen molar-refractivity contribution in [1.82, 2.24) is 10.2 Å². The van der Waals surface area contributed by atoms with Gasteiger partial charge in [-0.25, -0.2) is 0 Å². The fourth-order valence-electron chi connectivity index (χ4n) is 1.66. The number of hydrogen-bond acceptors (Lipinski definition) is 3. The Balaban J connectivity index is 0.00000256. The molecule has 0 unspecified atom stereocenters. The second-order valence-corrected chi connectivity index (χ2v) is 5.82. The predicted molar refractivity (Wildman–Crippen MR) is 78.1 cm³/mol. The normalized spacial score (nSPS) is 16.5. The highest BCUT2D eigenvalue weighted by atomic mass is 35.5. The number of nitrogens with zero attached hydrogens (tertiary/aromatic N) is 1. The maximum absolute atomic E-state index is 11.9. The van der Waals surface area contributed by atoms with Crippen LogP contribution in [0.25, 0.3) is 0 Å². The van der Waals surface area contributed by atoms with Crippen molar-refractivity contribution in [3.05, 3.63) is 0 Å². The van der Waals surface area contributed by atoms with E-state index in [4.69, 9.17) is 0 Å². The molecule has 1 aliphatic heterocycles. The van der Waals surface area contributed by atoms with Crippen LogP contribution in [-0.4, -0.2) is 48.5 Å². The number of thioether (sulfide) groups is 1. The van der Waals surface area contributed by atoms with Gasteiger partial charge in [0.15, 0.2) is 0 Å². The molecule has 0 bridgehead atoms. The summed E-state index contributed by atoms with van der Waals surface area (Å²) in [4.78, 5) is 13.9. The molecule has 1 fully saturated rings. The van der Waals surface area contributed by atoms with E-state index in [-0.39, 0.29) is 12.4 Å². The fourth-order valence-corrected chi connectivity index (χ4v) is 2.80. The van der Waals surface area contributed by atoms with Crippen LogP contribution < -0.4 is 5.32 Å². The quantitative estimate of drug-likeness (QED) is 0.782. The van der Waals surface area contributed by atoms with Crippen molar-refractivity contribution in [2.24, 2.45) is 5.92 Å². The number of carbonyl (C=O) groups is 1. The van der Waals surface area contributed by atoms with Crippen molar-refractivity contribution >= 4 is 30.1 Å². The molecule has 1 aliphatic rings. The third-order valence-electron chi connectivity index (χ3n) is 2.76. The Hall–Kier alpha value is 0.0700. The van der Waals surface area contributed by atoms with Crippen LogP contribution in [0.3, 0.4) is 0 Å². The molecular weight excluding hydrogens is 256 g/mol. The summed E-state index contributed by atoms with van der Waals surface area (Å²) in [5, 5.41) is 3.31. The van der Waals surface area contributed by atoms with Gasteiger partial charge in [0.05, 0.1) is 5.75 Å². The molecular formula is C12H25ClN2OS. The van der Waals surface area contributed by atoms with Gasteiger partial charge in [-0.2, -0.15) is 11.8 Å². The number of amides is 1. The Kier molecular flexibility index (Phi) is 10.1. The Morgan fingerprint density at radius 1 is 1.35 bits per heavy atom. The molecule has 0 aromatic carbocycles. The lowest BCUT2D eigenvalue weighted by molar-refractivity contribution is -0.128. The zero-order valence-corrected chi connectivity index (χ0v) is 12.5. The van der Waals surface area contributed by atoms with E-state index < -0.39 is 0 Å². The lowest BCUT2D eigenvalue weighted by atomic mass is 10.2. The number of rotatable bonds is 5. The Labute approximate surface area is 115 Å². The van der Waals surface area contributed by atoms with Gasteiger partial charge in [-0.05, 0) is 31.1 Å². The molecule has 0 spiro atoms. The van der Waals surface area contributed by atoms with Gasteiger partial charge < -0.3 is 10.2 Å².